The Bertz CT molecular complexity index is 545. The maximum atomic E-state index is 12.5. The van der Waals surface area contributed by atoms with Crippen LogP contribution < -0.4 is 10.0 Å². The van der Waals surface area contributed by atoms with Crippen LogP contribution in [0.5, 0.6) is 0 Å². The summed E-state index contributed by atoms with van der Waals surface area (Å²) in [5.74, 6) is 0.0775. The predicted molar refractivity (Wildman–Crippen MR) is 82.0 cm³/mol. The van der Waals surface area contributed by atoms with E-state index in [9.17, 15) is 16.8 Å². The van der Waals surface area contributed by atoms with Gasteiger partial charge in [-0.15, -0.1) is 0 Å². The molecule has 2 fully saturated rings. The Morgan fingerprint density at radius 2 is 1.95 bits per heavy atom. The van der Waals surface area contributed by atoms with Gasteiger partial charge in [0, 0.05) is 25.2 Å². The molecule has 0 aromatic carbocycles. The number of hydrogen-bond donors (Lipinski definition) is 2. The fourth-order valence-electron chi connectivity index (χ4n) is 3.12. The highest BCUT2D eigenvalue weighted by Crippen LogP contribution is 2.21. The molecule has 7 nitrogen and oxygen atoms in total. The van der Waals surface area contributed by atoms with Crippen LogP contribution in [0, 0.1) is 0 Å². The number of nitrogens with zero attached hydrogens (tertiary/aromatic N) is 1. The third-order valence-electron chi connectivity index (χ3n) is 4.10. The van der Waals surface area contributed by atoms with E-state index in [-0.39, 0.29) is 17.5 Å². The molecule has 0 radical (unpaired) electrons. The minimum Gasteiger partial charge on any atom is -0.318 e. The molecule has 2 aliphatic heterocycles. The summed E-state index contributed by atoms with van der Waals surface area (Å²) in [6.07, 6.45) is 3.82. The van der Waals surface area contributed by atoms with Crippen molar-refractivity contribution in [3.8, 4) is 0 Å². The van der Waals surface area contributed by atoms with Gasteiger partial charge in [-0.05, 0) is 32.7 Å². The van der Waals surface area contributed by atoms with Crippen molar-refractivity contribution in [1.29, 1.82) is 0 Å². The molecule has 0 spiro atoms. The zero-order valence-electron chi connectivity index (χ0n) is 12.4. The summed E-state index contributed by atoms with van der Waals surface area (Å²) in [6, 6.07) is -0.549. The molecule has 2 atom stereocenters. The maximum absolute atomic E-state index is 12.5. The van der Waals surface area contributed by atoms with Crippen LogP contribution in [-0.2, 0) is 20.0 Å². The molecule has 0 aromatic rings. The first kappa shape index (κ1) is 17.1. The van der Waals surface area contributed by atoms with Gasteiger partial charge in [0.05, 0.1) is 11.5 Å². The smallest absolute Gasteiger partial charge is 0.280 e. The van der Waals surface area contributed by atoms with Crippen LogP contribution in [-0.4, -0.2) is 64.9 Å². The fraction of sp³-hybridized carbons (Fsp3) is 1.00. The average molecular weight is 339 g/mol. The van der Waals surface area contributed by atoms with Crippen LogP contribution in [0.3, 0.4) is 0 Å². The van der Waals surface area contributed by atoms with Crippen LogP contribution in [0.25, 0.3) is 0 Å². The number of sulfone groups is 1. The number of piperidine rings is 1. The van der Waals surface area contributed by atoms with Crippen LogP contribution >= 0.6 is 0 Å². The van der Waals surface area contributed by atoms with E-state index in [4.69, 9.17) is 0 Å². The lowest BCUT2D eigenvalue weighted by atomic mass is 10.1. The van der Waals surface area contributed by atoms with Gasteiger partial charge >= 0.3 is 0 Å². The van der Waals surface area contributed by atoms with Crippen molar-refractivity contribution in [3.63, 3.8) is 0 Å². The number of nitrogens with one attached hydrogen (secondary N) is 2. The zero-order valence-corrected chi connectivity index (χ0v) is 14.0. The first-order chi connectivity index (χ1) is 9.84. The average Bonchev–Trinajstić information content (AvgIpc) is 2.38. The summed E-state index contributed by atoms with van der Waals surface area (Å²) in [4.78, 5) is 0. The zero-order chi connectivity index (χ0) is 15.5. The number of rotatable bonds is 5. The van der Waals surface area contributed by atoms with Gasteiger partial charge < -0.3 is 5.32 Å². The third-order valence-corrected chi connectivity index (χ3v) is 7.65. The first-order valence-corrected chi connectivity index (χ1v) is 10.7. The maximum Gasteiger partial charge on any atom is 0.280 e. The predicted octanol–water partition coefficient (Wildman–Crippen LogP) is -0.528. The van der Waals surface area contributed by atoms with Gasteiger partial charge in [0.1, 0.15) is 0 Å². The summed E-state index contributed by atoms with van der Waals surface area (Å²) in [7, 11) is -4.94. The second kappa shape index (κ2) is 6.91. The molecule has 21 heavy (non-hydrogen) atoms. The van der Waals surface area contributed by atoms with Crippen molar-refractivity contribution in [2.75, 3.05) is 31.6 Å². The van der Waals surface area contributed by atoms with Crippen molar-refractivity contribution in [3.05, 3.63) is 0 Å². The topological polar surface area (TPSA) is 95.6 Å². The lowest BCUT2D eigenvalue weighted by Crippen LogP contribution is -2.55. The molecule has 2 rings (SSSR count). The SMILES string of the molecule is CNCC1CCCCN1S(=O)(=O)NC1CCCS(=O)(=O)C1. The molecule has 2 saturated heterocycles. The summed E-state index contributed by atoms with van der Waals surface area (Å²) in [5.41, 5.74) is 0. The van der Waals surface area contributed by atoms with Gasteiger partial charge in [0.2, 0.25) is 0 Å². The molecule has 0 saturated carbocycles. The first-order valence-electron chi connectivity index (χ1n) is 7.48. The molecule has 2 N–H and O–H groups in total. The standard InChI is InChI=1S/C12H25N3O4S2/c1-13-9-12-6-2-3-7-15(12)21(18,19)14-11-5-4-8-20(16,17)10-11/h11-14H,2-10H2,1H3. The van der Waals surface area contributed by atoms with E-state index in [0.29, 0.717) is 25.9 Å². The second-order valence-corrected chi connectivity index (χ2v) is 9.78. The molecular formula is C12H25N3O4S2. The van der Waals surface area contributed by atoms with E-state index < -0.39 is 26.1 Å². The second-order valence-electron chi connectivity index (χ2n) is 5.89. The van der Waals surface area contributed by atoms with Gasteiger partial charge in [0.15, 0.2) is 9.84 Å². The fourth-order valence-corrected chi connectivity index (χ4v) is 6.57. The highest BCUT2D eigenvalue weighted by Gasteiger charge is 2.35. The van der Waals surface area contributed by atoms with Crippen molar-refractivity contribution < 1.29 is 16.8 Å². The lowest BCUT2D eigenvalue weighted by molar-refractivity contribution is 0.244. The summed E-state index contributed by atoms with van der Waals surface area (Å²) >= 11 is 0. The Balaban J connectivity index is 2.06. The molecule has 0 bridgehead atoms. The quantitative estimate of drug-likeness (QED) is 0.702. The Morgan fingerprint density at radius 1 is 1.19 bits per heavy atom. The van der Waals surface area contributed by atoms with E-state index in [1.54, 1.807) is 7.05 Å². The van der Waals surface area contributed by atoms with E-state index in [1.807, 2.05) is 0 Å². The number of hydrogen-bond acceptors (Lipinski definition) is 5. The highest BCUT2D eigenvalue weighted by molar-refractivity contribution is 7.91. The molecule has 9 heteroatoms. The van der Waals surface area contributed by atoms with E-state index >= 15 is 0 Å². The summed E-state index contributed by atoms with van der Waals surface area (Å²) in [6.45, 7) is 1.12. The van der Waals surface area contributed by atoms with Crippen molar-refractivity contribution in [2.24, 2.45) is 0 Å². The minimum absolute atomic E-state index is 0.0542. The molecule has 0 aliphatic carbocycles. The molecule has 2 aliphatic rings. The van der Waals surface area contributed by atoms with Crippen molar-refractivity contribution >= 4 is 20.0 Å². The van der Waals surface area contributed by atoms with Gasteiger partial charge in [-0.1, -0.05) is 6.42 Å². The summed E-state index contributed by atoms with van der Waals surface area (Å²) < 4.78 is 52.4. The van der Waals surface area contributed by atoms with Gasteiger partial charge in [-0.3, -0.25) is 0 Å². The van der Waals surface area contributed by atoms with Gasteiger partial charge in [0.25, 0.3) is 10.2 Å². The van der Waals surface area contributed by atoms with Crippen molar-refractivity contribution in [2.45, 2.75) is 44.2 Å². The number of likely N-dealkylation sites (N-methyl/N-ethyl adjacent to an activating group) is 1. The Labute approximate surface area is 127 Å². The molecule has 2 heterocycles. The Morgan fingerprint density at radius 3 is 2.62 bits per heavy atom. The van der Waals surface area contributed by atoms with E-state index in [1.165, 1.54) is 4.31 Å². The van der Waals surface area contributed by atoms with Crippen LogP contribution in [0.15, 0.2) is 0 Å². The molecule has 0 amide bonds. The summed E-state index contributed by atoms with van der Waals surface area (Å²) in [5, 5.41) is 3.03. The Kier molecular flexibility index (Phi) is 5.64. The van der Waals surface area contributed by atoms with Crippen LogP contribution in [0.1, 0.15) is 32.1 Å². The van der Waals surface area contributed by atoms with Crippen molar-refractivity contribution in [1.82, 2.24) is 14.3 Å². The van der Waals surface area contributed by atoms with Gasteiger partial charge in [-0.25, -0.2) is 8.42 Å². The van der Waals surface area contributed by atoms with E-state index in [0.717, 1.165) is 19.3 Å². The molecule has 0 aromatic heterocycles. The van der Waals surface area contributed by atoms with Crippen LogP contribution in [0.2, 0.25) is 0 Å². The normalized spacial score (nSPS) is 31.1. The molecular weight excluding hydrogens is 314 g/mol. The highest BCUT2D eigenvalue weighted by atomic mass is 32.2. The molecule has 124 valence electrons. The van der Waals surface area contributed by atoms with Crippen LogP contribution in [0.4, 0.5) is 0 Å². The van der Waals surface area contributed by atoms with Gasteiger partial charge in [-0.2, -0.15) is 17.4 Å². The Hall–Kier alpha value is -0.220. The molecule has 2 unspecified atom stereocenters. The largest absolute Gasteiger partial charge is 0.318 e. The monoisotopic (exact) mass is 339 g/mol. The lowest BCUT2D eigenvalue weighted by Gasteiger charge is -2.36. The third kappa shape index (κ3) is 4.62. The van der Waals surface area contributed by atoms with E-state index in [2.05, 4.69) is 10.0 Å². The minimum atomic E-state index is -3.63.